The molecule has 1 aliphatic heterocycles. The Morgan fingerprint density at radius 3 is 2.12 bits per heavy atom. The topological polar surface area (TPSA) is 77.1 Å². The molecule has 1 aliphatic rings. The third-order valence-corrected chi connectivity index (χ3v) is 7.76. The highest BCUT2D eigenvalue weighted by atomic mass is 79.9. The Kier molecular flexibility index (Phi) is 9.36. The molecule has 0 aromatic heterocycles. The van der Waals surface area contributed by atoms with Gasteiger partial charge >= 0.3 is 0 Å². The number of anilines is 1. The third kappa shape index (κ3) is 6.73. The summed E-state index contributed by atoms with van der Waals surface area (Å²) in [5.41, 5.74) is 3.08. The Bertz CT molecular complexity index is 1660. The second-order valence-corrected chi connectivity index (χ2v) is 11.3. The number of hydrogen-bond donors (Lipinski definition) is 1. The van der Waals surface area contributed by atoms with Crippen LogP contribution in [0.25, 0.3) is 6.08 Å². The molecular weight excluding hydrogens is 684 g/mol. The lowest BCUT2D eigenvalue weighted by Crippen LogP contribution is -2.54. The van der Waals surface area contributed by atoms with Gasteiger partial charge in [0.15, 0.2) is 16.6 Å². The van der Waals surface area contributed by atoms with Crippen LogP contribution in [0.4, 0.5) is 5.69 Å². The van der Waals surface area contributed by atoms with Crippen LogP contribution in [0, 0.1) is 0 Å². The summed E-state index contributed by atoms with van der Waals surface area (Å²) in [5, 5.41) is 2.63. The number of nitrogens with zero attached hydrogens (tertiary/aromatic N) is 1. The van der Waals surface area contributed by atoms with Gasteiger partial charge in [-0.25, -0.2) is 0 Å². The minimum Gasteiger partial charge on any atom is -0.493 e. The summed E-state index contributed by atoms with van der Waals surface area (Å²) in [6.45, 7) is 0.691. The summed E-state index contributed by atoms with van der Waals surface area (Å²) in [4.78, 5) is 27.3. The van der Waals surface area contributed by atoms with E-state index in [0.29, 0.717) is 44.1 Å². The van der Waals surface area contributed by atoms with Crippen molar-refractivity contribution in [2.24, 2.45) is 0 Å². The molecule has 4 aromatic rings. The predicted octanol–water partition coefficient (Wildman–Crippen LogP) is 7.21. The van der Waals surface area contributed by atoms with Crippen molar-refractivity contribution in [3.8, 4) is 17.2 Å². The van der Waals surface area contributed by atoms with E-state index in [-0.39, 0.29) is 17.3 Å². The molecule has 0 radical (unpaired) electrons. The van der Waals surface area contributed by atoms with Crippen LogP contribution in [0.2, 0.25) is 0 Å². The minimum absolute atomic E-state index is 0.0341. The predicted molar refractivity (Wildman–Crippen MR) is 173 cm³/mol. The van der Waals surface area contributed by atoms with E-state index in [4.69, 9.17) is 26.4 Å². The number of carbonyl (C=O) groups is 2. The summed E-state index contributed by atoms with van der Waals surface area (Å²) in [6.07, 6.45) is 1.52. The van der Waals surface area contributed by atoms with Crippen LogP contribution < -0.4 is 24.4 Å². The van der Waals surface area contributed by atoms with Gasteiger partial charge in [-0.05, 0) is 103 Å². The number of amides is 2. The molecule has 2 amide bonds. The molecule has 1 fully saturated rings. The van der Waals surface area contributed by atoms with Gasteiger partial charge in [0, 0.05) is 0 Å². The third-order valence-electron chi connectivity index (χ3n) is 6.30. The van der Waals surface area contributed by atoms with E-state index in [2.05, 4.69) is 37.2 Å². The van der Waals surface area contributed by atoms with Crippen LogP contribution in [0.3, 0.4) is 0 Å². The molecule has 4 aromatic carbocycles. The number of benzene rings is 4. The summed E-state index contributed by atoms with van der Waals surface area (Å²) >= 11 is 12.4. The average Bonchev–Trinajstić information content (AvgIpc) is 2.99. The van der Waals surface area contributed by atoms with Crippen LogP contribution in [0.1, 0.15) is 16.7 Å². The number of hydrogen-bond acceptors (Lipinski definition) is 6. The van der Waals surface area contributed by atoms with Crippen molar-refractivity contribution in [3.05, 3.63) is 122 Å². The standard InChI is InChI=1S/C32H24Br2N2O5S/c1-39-28-17-21(12-13-27(28)40-18-20-8-4-2-5-9-20)19-41-29-25(33)15-22(16-26(29)34)14-24-30(37)35-32(42)36(31(24)38)23-10-6-3-7-11-23/h2-17H,18-19H2,1H3,(H,35,37,42)/b24-14-. The van der Waals surface area contributed by atoms with Crippen molar-refractivity contribution in [1.29, 1.82) is 0 Å². The zero-order valence-corrected chi connectivity index (χ0v) is 26.3. The fourth-order valence-electron chi connectivity index (χ4n) is 4.25. The van der Waals surface area contributed by atoms with Crippen LogP contribution in [-0.2, 0) is 22.8 Å². The molecule has 7 nitrogen and oxygen atoms in total. The van der Waals surface area contributed by atoms with Gasteiger partial charge in [0.05, 0.1) is 21.7 Å². The molecule has 0 saturated carbocycles. The van der Waals surface area contributed by atoms with Crippen LogP contribution in [0.5, 0.6) is 17.2 Å². The Hall–Kier alpha value is -3.99. The molecular formula is C32H24Br2N2O5S. The van der Waals surface area contributed by atoms with Gasteiger partial charge in [0.1, 0.15) is 24.5 Å². The number of para-hydroxylation sites is 1. The molecule has 1 N–H and O–H groups in total. The van der Waals surface area contributed by atoms with Crippen molar-refractivity contribution < 1.29 is 23.8 Å². The molecule has 0 bridgehead atoms. The number of carbonyl (C=O) groups excluding carboxylic acids is 2. The van der Waals surface area contributed by atoms with Gasteiger partial charge in [0.2, 0.25) is 0 Å². The van der Waals surface area contributed by atoms with E-state index < -0.39 is 11.8 Å². The van der Waals surface area contributed by atoms with E-state index in [1.165, 1.54) is 11.0 Å². The Morgan fingerprint density at radius 1 is 0.810 bits per heavy atom. The highest BCUT2D eigenvalue weighted by Crippen LogP contribution is 2.37. The number of ether oxygens (including phenoxy) is 3. The van der Waals surface area contributed by atoms with E-state index in [1.54, 1.807) is 43.5 Å². The van der Waals surface area contributed by atoms with Crippen LogP contribution in [0.15, 0.2) is 106 Å². The molecule has 0 aliphatic carbocycles. The van der Waals surface area contributed by atoms with Gasteiger partial charge in [-0.2, -0.15) is 0 Å². The van der Waals surface area contributed by atoms with Crippen molar-refractivity contribution in [2.75, 3.05) is 12.0 Å². The van der Waals surface area contributed by atoms with Crippen molar-refractivity contribution in [2.45, 2.75) is 13.2 Å². The van der Waals surface area contributed by atoms with E-state index in [9.17, 15) is 9.59 Å². The largest absolute Gasteiger partial charge is 0.493 e. The van der Waals surface area contributed by atoms with Gasteiger partial charge < -0.3 is 14.2 Å². The number of nitrogens with one attached hydrogen (secondary N) is 1. The van der Waals surface area contributed by atoms with Crippen molar-refractivity contribution in [3.63, 3.8) is 0 Å². The lowest BCUT2D eigenvalue weighted by molar-refractivity contribution is -0.122. The normalized spacial score (nSPS) is 14.1. The first-order valence-corrected chi connectivity index (χ1v) is 14.8. The van der Waals surface area contributed by atoms with Crippen LogP contribution >= 0.6 is 44.1 Å². The van der Waals surface area contributed by atoms with Gasteiger partial charge in [0.25, 0.3) is 11.8 Å². The fraction of sp³-hybridized carbons (Fsp3) is 0.0938. The lowest BCUT2D eigenvalue weighted by Gasteiger charge is -2.28. The SMILES string of the molecule is COc1cc(COc2c(Br)cc(/C=C3/C(=O)NC(=S)N(c4ccccc4)C3=O)cc2Br)ccc1OCc1ccccc1. The average molecular weight is 708 g/mol. The minimum atomic E-state index is -0.560. The summed E-state index contributed by atoms with van der Waals surface area (Å²) in [5.74, 6) is 0.735. The molecule has 0 spiro atoms. The number of methoxy groups -OCH3 is 1. The number of halogens is 2. The molecule has 42 heavy (non-hydrogen) atoms. The molecule has 5 rings (SSSR count). The molecule has 0 atom stereocenters. The lowest BCUT2D eigenvalue weighted by atomic mass is 10.1. The first-order chi connectivity index (χ1) is 20.3. The molecule has 10 heteroatoms. The second-order valence-electron chi connectivity index (χ2n) is 9.16. The monoisotopic (exact) mass is 706 g/mol. The van der Waals surface area contributed by atoms with E-state index >= 15 is 0 Å². The number of thiocarbonyl (C=S) groups is 1. The van der Waals surface area contributed by atoms with Gasteiger partial charge in [-0.3, -0.25) is 19.8 Å². The first kappa shape index (κ1) is 29.5. The Morgan fingerprint density at radius 2 is 1.45 bits per heavy atom. The van der Waals surface area contributed by atoms with Crippen LogP contribution in [-0.4, -0.2) is 24.0 Å². The molecule has 1 heterocycles. The van der Waals surface area contributed by atoms with E-state index in [0.717, 1.165) is 11.1 Å². The first-order valence-electron chi connectivity index (χ1n) is 12.8. The quantitative estimate of drug-likeness (QED) is 0.113. The maximum atomic E-state index is 13.3. The second kappa shape index (κ2) is 13.3. The zero-order chi connectivity index (χ0) is 29.6. The molecule has 1 saturated heterocycles. The smallest absolute Gasteiger partial charge is 0.270 e. The highest BCUT2D eigenvalue weighted by Gasteiger charge is 2.34. The van der Waals surface area contributed by atoms with Gasteiger partial charge in [-0.1, -0.05) is 54.6 Å². The molecule has 0 unspecified atom stereocenters. The highest BCUT2D eigenvalue weighted by molar-refractivity contribution is 9.11. The van der Waals surface area contributed by atoms with Crippen molar-refractivity contribution >= 4 is 72.8 Å². The summed E-state index contributed by atoms with van der Waals surface area (Å²) in [7, 11) is 1.60. The van der Waals surface area contributed by atoms with Gasteiger partial charge in [-0.15, -0.1) is 0 Å². The summed E-state index contributed by atoms with van der Waals surface area (Å²) < 4.78 is 18.9. The Balaban J connectivity index is 1.30. The number of rotatable bonds is 9. The zero-order valence-electron chi connectivity index (χ0n) is 22.3. The fourth-order valence-corrected chi connectivity index (χ4v) is 5.98. The maximum absolute atomic E-state index is 13.3. The Labute approximate surface area is 265 Å². The maximum Gasteiger partial charge on any atom is 0.270 e. The van der Waals surface area contributed by atoms with Crippen molar-refractivity contribution in [1.82, 2.24) is 5.32 Å². The van der Waals surface area contributed by atoms with E-state index in [1.807, 2.05) is 54.6 Å². The molecule has 212 valence electrons. The summed E-state index contributed by atoms with van der Waals surface area (Å²) in [6, 6.07) is 28.0.